The molecular weight excluding hydrogens is 597 g/mol. The third kappa shape index (κ3) is 11.2. The number of carbonyl (C=O) groups is 2. The van der Waals surface area contributed by atoms with Crippen LogP contribution in [0.1, 0.15) is 33.1 Å². The molecule has 0 fully saturated rings. The Kier molecular flexibility index (Phi) is 12.9. The SMILES string of the molecule is CC(C)C[C@@H](CN(CCCCNS(=O)(=O)c1ccc(Cl)cc1Cl)C(=O)Nc1ccccc1)NC(=O)Nc1ccccc1. The molecule has 0 saturated heterocycles. The van der Waals surface area contributed by atoms with E-state index in [1.54, 1.807) is 29.2 Å². The molecule has 0 aliphatic rings. The third-order valence-corrected chi connectivity index (χ3v) is 8.39. The van der Waals surface area contributed by atoms with Gasteiger partial charge in [-0.1, -0.05) is 73.4 Å². The summed E-state index contributed by atoms with van der Waals surface area (Å²) in [5, 5.41) is 9.14. The smallest absolute Gasteiger partial charge is 0.321 e. The molecule has 4 amide bonds. The van der Waals surface area contributed by atoms with Gasteiger partial charge in [0.25, 0.3) is 0 Å². The fraction of sp³-hybridized carbons (Fsp3) is 0.333. The Bertz CT molecular complexity index is 1410. The van der Waals surface area contributed by atoms with Crippen molar-refractivity contribution in [2.75, 3.05) is 30.3 Å². The van der Waals surface area contributed by atoms with Crippen LogP contribution in [0.25, 0.3) is 0 Å². The number of rotatable bonds is 14. The highest BCUT2D eigenvalue weighted by Gasteiger charge is 2.22. The number of halogens is 2. The molecule has 3 aromatic carbocycles. The van der Waals surface area contributed by atoms with Crippen molar-refractivity contribution in [1.82, 2.24) is 14.9 Å². The fourth-order valence-electron chi connectivity index (χ4n) is 4.29. The number of anilines is 2. The monoisotopic (exact) mass is 633 g/mol. The molecule has 42 heavy (non-hydrogen) atoms. The van der Waals surface area contributed by atoms with Crippen LogP contribution in [0.3, 0.4) is 0 Å². The van der Waals surface area contributed by atoms with E-state index in [0.29, 0.717) is 42.2 Å². The molecule has 0 radical (unpaired) electrons. The minimum Gasteiger partial charge on any atom is -0.333 e. The summed E-state index contributed by atoms with van der Waals surface area (Å²) in [4.78, 5) is 27.7. The van der Waals surface area contributed by atoms with Gasteiger partial charge < -0.3 is 20.9 Å². The molecule has 0 aliphatic heterocycles. The molecule has 0 aromatic heterocycles. The number of nitrogens with zero attached hydrogens (tertiary/aromatic N) is 1. The van der Waals surface area contributed by atoms with Gasteiger partial charge in [-0.2, -0.15) is 0 Å². The lowest BCUT2D eigenvalue weighted by molar-refractivity contribution is 0.198. The number of nitrogens with one attached hydrogen (secondary N) is 4. The van der Waals surface area contributed by atoms with Crippen molar-refractivity contribution in [1.29, 1.82) is 0 Å². The van der Waals surface area contributed by atoms with E-state index in [4.69, 9.17) is 23.2 Å². The van der Waals surface area contributed by atoms with Gasteiger partial charge in [-0.25, -0.2) is 22.7 Å². The topological polar surface area (TPSA) is 120 Å². The molecule has 4 N–H and O–H groups in total. The van der Waals surface area contributed by atoms with Crippen molar-refractivity contribution in [2.24, 2.45) is 5.92 Å². The molecule has 9 nitrogen and oxygen atoms in total. The van der Waals surface area contributed by atoms with Crippen LogP contribution < -0.4 is 20.7 Å². The van der Waals surface area contributed by atoms with Gasteiger partial charge in [-0.3, -0.25) is 0 Å². The lowest BCUT2D eigenvalue weighted by atomic mass is 10.0. The first-order valence-corrected chi connectivity index (χ1v) is 16.0. The van der Waals surface area contributed by atoms with Crippen LogP contribution in [-0.4, -0.2) is 51.1 Å². The Hall–Kier alpha value is -3.31. The number of hydrogen-bond donors (Lipinski definition) is 4. The molecule has 0 aliphatic carbocycles. The molecule has 1 atom stereocenters. The molecule has 3 rings (SSSR count). The van der Waals surface area contributed by atoms with Gasteiger partial charge in [-0.15, -0.1) is 0 Å². The average Bonchev–Trinajstić information content (AvgIpc) is 2.92. The predicted octanol–water partition coefficient (Wildman–Crippen LogP) is 6.82. The van der Waals surface area contributed by atoms with Gasteiger partial charge in [-0.05, 0) is 67.6 Å². The number of carbonyl (C=O) groups excluding carboxylic acids is 2. The zero-order valence-electron chi connectivity index (χ0n) is 23.6. The Morgan fingerprint density at radius 3 is 2.07 bits per heavy atom. The van der Waals surface area contributed by atoms with Crippen molar-refractivity contribution in [3.05, 3.63) is 88.9 Å². The minimum atomic E-state index is -3.83. The van der Waals surface area contributed by atoms with Crippen molar-refractivity contribution >= 4 is 56.7 Å². The highest BCUT2D eigenvalue weighted by molar-refractivity contribution is 7.89. The molecule has 0 unspecified atom stereocenters. The number of urea groups is 2. The Balaban J connectivity index is 1.64. The van der Waals surface area contributed by atoms with Gasteiger partial charge in [0.1, 0.15) is 4.90 Å². The first-order valence-electron chi connectivity index (χ1n) is 13.7. The molecule has 0 spiro atoms. The number of sulfonamides is 1. The van der Waals surface area contributed by atoms with Crippen molar-refractivity contribution < 1.29 is 18.0 Å². The van der Waals surface area contributed by atoms with E-state index >= 15 is 0 Å². The van der Waals surface area contributed by atoms with Crippen molar-refractivity contribution in [2.45, 2.75) is 44.0 Å². The summed E-state index contributed by atoms with van der Waals surface area (Å²) in [6.07, 6.45) is 1.64. The highest BCUT2D eigenvalue weighted by Crippen LogP contribution is 2.24. The molecule has 226 valence electrons. The summed E-state index contributed by atoms with van der Waals surface area (Å²) in [5.41, 5.74) is 1.31. The molecule has 3 aromatic rings. The van der Waals surface area contributed by atoms with Crippen LogP contribution in [0.4, 0.5) is 21.0 Å². The maximum Gasteiger partial charge on any atom is 0.321 e. The van der Waals surface area contributed by atoms with E-state index < -0.39 is 10.0 Å². The lowest BCUT2D eigenvalue weighted by Crippen LogP contribution is -2.49. The summed E-state index contributed by atoms with van der Waals surface area (Å²) in [6.45, 7) is 4.88. The second-order valence-electron chi connectivity index (χ2n) is 10.2. The lowest BCUT2D eigenvalue weighted by Gasteiger charge is -2.29. The molecular formula is C30H37Cl2N5O4S. The first-order chi connectivity index (χ1) is 20.0. The maximum absolute atomic E-state index is 13.3. The number of hydrogen-bond acceptors (Lipinski definition) is 4. The quantitative estimate of drug-likeness (QED) is 0.146. The largest absolute Gasteiger partial charge is 0.333 e. The van der Waals surface area contributed by atoms with Crippen LogP contribution in [0.5, 0.6) is 0 Å². The van der Waals surface area contributed by atoms with Gasteiger partial charge in [0, 0.05) is 42.1 Å². The highest BCUT2D eigenvalue weighted by atomic mass is 35.5. The summed E-state index contributed by atoms with van der Waals surface area (Å²) in [7, 11) is -3.83. The van der Waals surface area contributed by atoms with Gasteiger partial charge in [0.05, 0.1) is 5.02 Å². The Morgan fingerprint density at radius 2 is 1.48 bits per heavy atom. The molecule has 0 saturated carbocycles. The van der Waals surface area contributed by atoms with E-state index in [1.807, 2.05) is 36.4 Å². The zero-order valence-corrected chi connectivity index (χ0v) is 26.0. The predicted molar refractivity (Wildman–Crippen MR) is 170 cm³/mol. The van der Waals surface area contributed by atoms with Crippen LogP contribution in [-0.2, 0) is 10.0 Å². The minimum absolute atomic E-state index is 0.0405. The van der Waals surface area contributed by atoms with Gasteiger partial charge >= 0.3 is 12.1 Å². The summed E-state index contributed by atoms with van der Waals surface area (Å²) < 4.78 is 27.9. The normalized spacial score (nSPS) is 12.0. The van der Waals surface area contributed by atoms with Crippen LogP contribution in [0.15, 0.2) is 83.8 Å². The number of benzene rings is 3. The van der Waals surface area contributed by atoms with E-state index in [-0.39, 0.29) is 47.0 Å². The zero-order chi connectivity index (χ0) is 30.5. The fourth-order valence-corrected chi connectivity index (χ4v) is 6.14. The number of unbranched alkanes of at least 4 members (excludes halogenated alkanes) is 1. The van der Waals surface area contributed by atoms with Gasteiger partial charge in [0.2, 0.25) is 10.0 Å². The Morgan fingerprint density at radius 1 is 0.857 bits per heavy atom. The second-order valence-corrected chi connectivity index (χ2v) is 12.8. The van der Waals surface area contributed by atoms with Crippen molar-refractivity contribution in [3.63, 3.8) is 0 Å². The summed E-state index contributed by atoms with van der Waals surface area (Å²) >= 11 is 12.0. The number of amides is 4. The first kappa shape index (κ1) is 33.2. The standard InChI is InChI=1S/C30H37Cl2N5O4S/c1-22(2)19-26(35-29(38)34-24-11-5-3-6-12-24)21-37(30(39)36-25-13-7-4-8-14-25)18-10-9-17-33-42(40,41)28-16-15-23(31)20-27(28)32/h3-8,11-16,20,22,26,33H,9-10,17-19,21H2,1-2H3,(H,36,39)(H2,34,35,38)/t26-/m0/s1. The summed E-state index contributed by atoms with van der Waals surface area (Å²) in [5.74, 6) is 0.264. The number of para-hydroxylation sites is 2. The Labute approximate surface area is 258 Å². The van der Waals surface area contributed by atoms with Crippen LogP contribution >= 0.6 is 23.2 Å². The van der Waals surface area contributed by atoms with Crippen LogP contribution in [0.2, 0.25) is 10.0 Å². The molecule has 0 bridgehead atoms. The van der Waals surface area contributed by atoms with E-state index in [1.165, 1.54) is 18.2 Å². The molecule has 12 heteroatoms. The summed E-state index contributed by atoms with van der Waals surface area (Å²) in [6, 6.07) is 21.5. The maximum atomic E-state index is 13.3. The molecule has 0 heterocycles. The second kappa shape index (κ2) is 16.4. The van der Waals surface area contributed by atoms with E-state index in [0.717, 1.165) is 0 Å². The van der Waals surface area contributed by atoms with E-state index in [2.05, 4.69) is 34.5 Å². The van der Waals surface area contributed by atoms with Gasteiger partial charge in [0.15, 0.2) is 0 Å². The van der Waals surface area contributed by atoms with E-state index in [9.17, 15) is 18.0 Å². The average molecular weight is 635 g/mol. The van der Waals surface area contributed by atoms with Crippen molar-refractivity contribution in [3.8, 4) is 0 Å². The van der Waals surface area contributed by atoms with Crippen LogP contribution in [0, 0.1) is 5.92 Å². The third-order valence-electron chi connectivity index (χ3n) is 6.21.